The van der Waals surface area contributed by atoms with Gasteiger partial charge in [-0.25, -0.2) is 4.79 Å². The molecule has 0 saturated heterocycles. The second kappa shape index (κ2) is 5.79. The van der Waals surface area contributed by atoms with Gasteiger partial charge in [0.25, 0.3) is 5.91 Å². The van der Waals surface area contributed by atoms with Crippen LogP contribution in [0.15, 0.2) is 24.3 Å². The molecule has 1 aromatic heterocycles. The third-order valence-electron chi connectivity index (χ3n) is 2.66. The molecule has 0 aliphatic rings. The number of hydrogen-bond acceptors (Lipinski definition) is 5. The van der Waals surface area contributed by atoms with Gasteiger partial charge in [-0.2, -0.15) is 0 Å². The number of carboxylic acids is 1. The number of anilines is 1. The Labute approximate surface area is 119 Å². The second-order valence-corrected chi connectivity index (χ2v) is 5.23. The third kappa shape index (κ3) is 3.00. The predicted octanol–water partition coefficient (Wildman–Crippen LogP) is 2.61. The Morgan fingerprint density at radius 1 is 1.25 bits per heavy atom. The van der Waals surface area contributed by atoms with E-state index >= 15 is 0 Å². The van der Waals surface area contributed by atoms with Gasteiger partial charge in [0, 0.05) is 5.69 Å². The lowest BCUT2D eigenvalue weighted by Gasteiger charge is -2.06. The van der Waals surface area contributed by atoms with Gasteiger partial charge in [0.15, 0.2) is 0 Å². The molecule has 0 aliphatic heterocycles. The zero-order valence-corrected chi connectivity index (χ0v) is 11.8. The molecule has 0 fully saturated rings. The van der Waals surface area contributed by atoms with Crippen molar-refractivity contribution in [3.8, 4) is 0 Å². The average Bonchev–Trinajstić information content (AvgIpc) is 2.88. The molecule has 2 aromatic rings. The van der Waals surface area contributed by atoms with E-state index in [1.165, 1.54) is 12.1 Å². The quantitative estimate of drug-likeness (QED) is 0.903. The maximum Gasteiger partial charge on any atom is 0.335 e. The van der Waals surface area contributed by atoms with E-state index in [0.29, 0.717) is 16.3 Å². The number of rotatable bonds is 4. The molecule has 6 nitrogen and oxygen atoms in total. The summed E-state index contributed by atoms with van der Waals surface area (Å²) in [7, 11) is 0. The van der Waals surface area contributed by atoms with Gasteiger partial charge in [-0.3, -0.25) is 4.79 Å². The van der Waals surface area contributed by atoms with Crippen LogP contribution in [0.25, 0.3) is 0 Å². The zero-order valence-electron chi connectivity index (χ0n) is 11.0. The van der Waals surface area contributed by atoms with Gasteiger partial charge in [-0.05, 0) is 41.7 Å². The fraction of sp³-hybridized carbons (Fsp3) is 0.231. The summed E-state index contributed by atoms with van der Waals surface area (Å²) >= 11 is 1.05. The molecule has 2 rings (SSSR count). The summed E-state index contributed by atoms with van der Waals surface area (Å²) in [6.45, 7) is 3.88. The third-order valence-corrected chi connectivity index (χ3v) is 3.40. The number of carboxylic acid groups (broad SMARTS) is 1. The Morgan fingerprint density at radius 3 is 2.45 bits per heavy atom. The van der Waals surface area contributed by atoms with Crippen molar-refractivity contribution in [2.75, 3.05) is 5.32 Å². The summed E-state index contributed by atoms with van der Waals surface area (Å²) in [6, 6.07) is 5.97. The molecular weight excluding hydrogens is 278 g/mol. The summed E-state index contributed by atoms with van der Waals surface area (Å²) in [5, 5.41) is 15.5. The van der Waals surface area contributed by atoms with Gasteiger partial charge in [-0.15, -0.1) is 5.10 Å². The second-order valence-electron chi connectivity index (χ2n) is 4.48. The van der Waals surface area contributed by atoms with Gasteiger partial charge in [0.1, 0.15) is 4.88 Å². The zero-order chi connectivity index (χ0) is 14.7. The van der Waals surface area contributed by atoms with Crippen molar-refractivity contribution in [2.45, 2.75) is 19.8 Å². The van der Waals surface area contributed by atoms with E-state index < -0.39 is 5.97 Å². The van der Waals surface area contributed by atoms with E-state index in [4.69, 9.17) is 5.11 Å². The highest BCUT2D eigenvalue weighted by molar-refractivity contribution is 7.08. The number of hydrogen-bond donors (Lipinski definition) is 2. The maximum atomic E-state index is 12.1. The van der Waals surface area contributed by atoms with Crippen molar-refractivity contribution in [3.63, 3.8) is 0 Å². The molecule has 2 N–H and O–H groups in total. The monoisotopic (exact) mass is 291 g/mol. The van der Waals surface area contributed by atoms with Crippen LogP contribution in [0, 0.1) is 0 Å². The number of benzene rings is 1. The molecular formula is C13H13N3O3S. The SMILES string of the molecule is CC(C)c1nnsc1C(=O)Nc1ccc(C(=O)O)cc1. The smallest absolute Gasteiger partial charge is 0.335 e. The van der Waals surface area contributed by atoms with Crippen molar-refractivity contribution in [2.24, 2.45) is 0 Å². The Morgan fingerprint density at radius 2 is 1.90 bits per heavy atom. The Bertz CT molecular complexity index is 635. The summed E-state index contributed by atoms with van der Waals surface area (Å²) in [5.41, 5.74) is 1.36. The number of carbonyl (C=O) groups is 2. The Hall–Kier alpha value is -2.28. The van der Waals surface area contributed by atoms with Crippen LogP contribution in [0.3, 0.4) is 0 Å². The highest BCUT2D eigenvalue weighted by atomic mass is 32.1. The van der Waals surface area contributed by atoms with Crippen LogP contribution < -0.4 is 5.32 Å². The molecule has 0 aliphatic carbocycles. The van der Waals surface area contributed by atoms with Crippen molar-refractivity contribution >= 4 is 29.1 Å². The molecule has 1 aromatic carbocycles. The van der Waals surface area contributed by atoms with Crippen LogP contribution in [-0.4, -0.2) is 26.6 Å². The lowest BCUT2D eigenvalue weighted by atomic mass is 10.1. The average molecular weight is 291 g/mol. The van der Waals surface area contributed by atoms with Gasteiger partial charge in [0.05, 0.1) is 11.3 Å². The van der Waals surface area contributed by atoms with E-state index in [2.05, 4.69) is 14.9 Å². The van der Waals surface area contributed by atoms with Gasteiger partial charge < -0.3 is 10.4 Å². The summed E-state index contributed by atoms with van der Waals surface area (Å²) in [4.78, 5) is 23.3. The minimum Gasteiger partial charge on any atom is -0.478 e. The topological polar surface area (TPSA) is 92.2 Å². The van der Waals surface area contributed by atoms with Crippen molar-refractivity contribution in [1.82, 2.24) is 9.59 Å². The Kier molecular flexibility index (Phi) is 4.09. The molecule has 1 amide bonds. The summed E-state index contributed by atoms with van der Waals surface area (Å²) < 4.78 is 3.80. The first-order valence-corrected chi connectivity index (χ1v) is 6.73. The molecule has 0 radical (unpaired) electrons. The predicted molar refractivity (Wildman–Crippen MR) is 75.4 cm³/mol. The normalized spacial score (nSPS) is 10.6. The molecule has 0 spiro atoms. The fourth-order valence-corrected chi connectivity index (χ4v) is 2.33. The van der Waals surface area contributed by atoms with Gasteiger partial charge in [0.2, 0.25) is 0 Å². The molecule has 0 saturated carbocycles. The summed E-state index contributed by atoms with van der Waals surface area (Å²) in [6.07, 6.45) is 0. The van der Waals surface area contributed by atoms with Crippen LogP contribution in [0.4, 0.5) is 5.69 Å². The van der Waals surface area contributed by atoms with E-state index in [0.717, 1.165) is 11.5 Å². The lowest BCUT2D eigenvalue weighted by Crippen LogP contribution is -2.13. The lowest BCUT2D eigenvalue weighted by molar-refractivity contribution is 0.0696. The van der Waals surface area contributed by atoms with Gasteiger partial charge >= 0.3 is 5.97 Å². The number of amides is 1. The number of nitrogens with one attached hydrogen (secondary N) is 1. The highest BCUT2D eigenvalue weighted by Gasteiger charge is 2.18. The minimum absolute atomic E-state index is 0.115. The molecule has 0 bridgehead atoms. The van der Waals surface area contributed by atoms with E-state index in [1.807, 2.05) is 13.8 Å². The first-order valence-electron chi connectivity index (χ1n) is 5.96. The van der Waals surface area contributed by atoms with Crippen molar-refractivity contribution in [1.29, 1.82) is 0 Å². The number of aromatic nitrogens is 2. The number of nitrogens with zero attached hydrogens (tertiary/aromatic N) is 2. The molecule has 104 valence electrons. The van der Waals surface area contributed by atoms with E-state index in [-0.39, 0.29) is 17.4 Å². The van der Waals surface area contributed by atoms with Crippen molar-refractivity contribution in [3.05, 3.63) is 40.4 Å². The van der Waals surface area contributed by atoms with Crippen LogP contribution in [0.1, 0.15) is 45.5 Å². The van der Waals surface area contributed by atoms with Crippen molar-refractivity contribution < 1.29 is 14.7 Å². The molecule has 0 unspecified atom stereocenters. The highest BCUT2D eigenvalue weighted by Crippen LogP contribution is 2.21. The molecule has 1 heterocycles. The fourth-order valence-electron chi connectivity index (χ4n) is 1.62. The van der Waals surface area contributed by atoms with E-state index in [9.17, 15) is 9.59 Å². The molecule has 0 atom stereocenters. The first kappa shape index (κ1) is 14.1. The first-order chi connectivity index (χ1) is 9.49. The van der Waals surface area contributed by atoms with Gasteiger partial charge in [-0.1, -0.05) is 18.3 Å². The number of carbonyl (C=O) groups excluding carboxylic acids is 1. The van der Waals surface area contributed by atoms with Crippen LogP contribution >= 0.6 is 11.5 Å². The van der Waals surface area contributed by atoms with E-state index in [1.54, 1.807) is 12.1 Å². The van der Waals surface area contributed by atoms with Crippen LogP contribution in [0.5, 0.6) is 0 Å². The Balaban J connectivity index is 2.15. The molecule has 7 heteroatoms. The largest absolute Gasteiger partial charge is 0.478 e. The number of aromatic carboxylic acids is 1. The summed E-state index contributed by atoms with van der Waals surface area (Å²) in [5.74, 6) is -1.17. The maximum absolute atomic E-state index is 12.1. The molecule has 20 heavy (non-hydrogen) atoms. The minimum atomic E-state index is -1.00. The van der Waals surface area contributed by atoms with Crippen LogP contribution in [0.2, 0.25) is 0 Å². The standard InChI is InChI=1S/C13H13N3O3S/c1-7(2)10-11(20-16-15-10)12(17)14-9-5-3-8(4-6-9)13(18)19/h3-7H,1-2H3,(H,14,17)(H,18,19). The van der Waals surface area contributed by atoms with Crippen LogP contribution in [-0.2, 0) is 0 Å².